The van der Waals surface area contributed by atoms with Crippen LogP contribution in [0, 0.1) is 11.3 Å². The highest BCUT2D eigenvalue weighted by atomic mass is 32.3. The summed E-state index contributed by atoms with van der Waals surface area (Å²) in [6.45, 7) is 9.73. The number of benzene rings is 2. The normalized spacial score (nSPS) is 24.5. The summed E-state index contributed by atoms with van der Waals surface area (Å²) < 4.78 is 53.4. The molecule has 154 valence electrons. The number of hydrogen-bond acceptors (Lipinski definition) is 4. The van der Waals surface area contributed by atoms with Crippen LogP contribution in [0.15, 0.2) is 95.8 Å². The van der Waals surface area contributed by atoms with Crippen molar-refractivity contribution in [1.29, 1.82) is 0 Å². The van der Waals surface area contributed by atoms with Crippen molar-refractivity contribution in [3.8, 4) is 0 Å². The highest BCUT2D eigenvalue weighted by Gasteiger charge is 2.60. The minimum atomic E-state index is -4.20. The van der Waals surface area contributed by atoms with Gasteiger partial charge in [-0.3, -0.25) is 0 Å². The lowest BCUT2D eigenvalue weighted by Crippen LogP contribution is -2.53. The van der Waals surface area contributed by atoms with Gasteiger partial charge in [-0.1, -0.05) is 55.5 Å². The fraction of sp³-hybridized carbons (Fsp3) is 0.304. The molecule has 29 heavy (non-hydrogen) atoms. The second-order valence-electron chi connectivity index (χ2n) is 7.80. The van der Waals surface area contributed by atoms with Crippen LogP contribution in [0.1, 0.15) is 26.2 Å². The topological polar surface area (TPSA) is 68.3 Å². The van der Waals surface area contributed by atoms with Gasteiger partial charge in [0.15, 0.2) is 23.8 Å². The first kappa shape index (κ1) is 21.5. The molecule has 2 aromatic carbocycles. The smallest absolute Gasteiger partial charge is 0.198 e. The molecule has 0 unspecified atom stereocenters. The molecule has 1 saturated carbocycles. The van der Waals surface area contributed by atoms with Gasteiger partial charge in [0, 0.05) is 0 Å². The Bertz CT molecular complexity index is 1030. The van der Waals surface area contributed by atoms with E-state index in [9.17, 15) is 16.8 Å². The van der Waals surface area contributed by atoms with Crippen molar-refractivity contribution >= 4 is 19.7 Å². The van der Waals surface area contributed by atoms with E-state index in [1.807, 2.05) is 6.92 Å². The largest absolute Gasteiger partial charge is 0.222 e. The number of hydrogen-bond donors (Lipinski definition) is 0. The van der Waals surface area contributed by atoms with E-state index < -0.39 is 29.2 Å². The van der Waals surface area contributed by atoms with Crippen molar-refractivity contribution in [3.63, 3.8) is 0 Å². The van der Waals surface area contributed by atoms with Crippen LogP contribution in [0.5, 0.6) is 0 Å². The van der Waals surface area contributed by atoms with E-state index in [1.165, 1.54) is 24.3 Å². The molecule has 3 rings (SSSR count). The summed E-state index contributed by atoms with van der Waals surface area (Å²) in [4.78, 5) is 0.0362. The lowest BCUT2D eigenvalue weighted by molar-refractivity contribution is 0.203. The van der Waals surface area contributed by atoms with Gasteiger partial charge in [0.25, 0.3) is 0 Å². The Balaban J connectivity index is 2.29. The van der Waals surface area contributed by atoms with Crippen LogP contribution in [-0.2, 0) is 19.7 Å². The van der Waals surface area contributed by atoms with E-state index in [2.05, 4.69) is 13.2 Å². The summed E-state index contributed by atoms with van der Waals surface area (Å²) in [7, 11) is -8.40. The van der Waals surface area contributed by atoms with Crippen LogP contribution in [0.2, 0.25) is 0 Å². The van der Waals surface area contributed by atoms with Gasteiger partial charge in [-0.25, -0.2) is 16.8 Å². The highest BCUT2D eigenvalue weighted by molar-refractivity contribution is 8.10. The van der Waals surface area contributed by atoms with E-state index in [4.69, 9.17) is 0 Å². The molecular formula is C23H26O4S2. The predicted molar refractivity (Wildman–Crippen MR) is 116 cm³/mol. The maximum absolute atomic E-state index is 13.9. The average Bonchev–Trinajstić information content (AvgIpc) is 2.75. The zero-order valence-corrected chi connectivity index (χ0v) is 18.1. The summed E-state index contributed by atoms with van der Waals surface area (Å²) in [5, 5.41) is 0. The van der Waals surface area contributed by atoms with Gasteiger partial charge in [-0.2, -0.15) is 0 Å². The Morgan fingerprint density at radius 3 is 1.66 bits per heavy atom. The lowest BCUT2D eigenvalue weighted by atomic mass is 9.67. The predicted octanol–water partition coefficient (Wildman–Crippen LogP) is 4.81. The molecule has 0 amide bonds. The molecule has 1 fully saturated rings. The minimum Gasteiger partial charge on any atom is -0.222 e. The zero-order chi connectivity index (χ0) is 21.3. The molecule has 1 aliphatic carbocycles. The molecular weight excluding hydrogens is 404 g/mol. The molecule has 0 aliphatic heterocycles. The molecule has 0 radical (unpaired) electrons. The number of allylic oxidation sites excluding steroid dienone is 2. The summed E-state index contributed by atoms with van der Waals surface area (Å²) >= 11 is 0. The maximum atomic E-state index is 13.9. The standard InChI is InChI=1S/C23H26O4S2/c1-4-19-18-23(17-16-22(19,3)5-2,28(24,25)20-12-8-6-9-13-20)29(26,27)21-14-10-7-11-15-21/h4-15,19H,1-2,16-18H2,3H3/t19-,22+/m0/s1. The van der Waals surface area contributed by atoms with E-state index >= 15 is 0 Å². The Morgan fingerprint density at radius 2 is 1.28 bits per heavy atom. The minimum absolute atomic E-state index is 0.00564. The van der Waals surface area contributed by atoms with Crippen molar-refractivity contribution in [1.82, 2.24) is 0 Å². The van der Waals surface area contributed by atoms with Crippen LogP contribution in [0.4, 0.5) is 0 Å². The monoisotopic (exact) mass is 430 g/mol. The first-order chi connectivity index (χ1) is 13.6. The van der Waals surface area contributed by atoms with Crippen LogP contribution in [0.3, 0.4) is 0 Å². The van der Waals surface area contributed by atoms with Gasteiger partial charge in [0.1, 0.15) is 0 Å². The third kappa shape index (κ3) is 3.28. The molecule has 0 N–H and O–H groups in total. The Hall–Kier alpha value is -2.18. The molecule has 0 heterocycles. The second-order valence-corrected chi connectivity index (χ2v) is 12.6. The third-order valence-corrected chi connectivity index (χ3v) is 12.1. The third-order valence-electron chi connectivity index (χ3n) is 6.26. The van der Waals surface area contributed by atoms with Crippen molar-refractivity contribution in [2.45, 2.75) is 40.1 Å². The van der Waals surface area contributed by atoms with Gasteiger partial charge in [-0.05, 0) is 54.9 Å². The zero-order valence-electron chi connectivity index (χ0n) is 16.5. The van der Waals surface area contributed by atoms with Gasteiger partial charge >= 0.3 is 0 Å². The summed E-state index contributed by atoms with van der Waals surface area (Å²) in [6.07, 6.45) is 3.76. The van der Waals surface area contributed by atoms with E-state index in [1.54, 1.807) is 48.6 Å². The molecule has 2 aromatic rings. The van der Waals surface area contributed by atoms with E-state index in [0.29, 0.717) is 6.42 Å². The number of sulfone groups is 2. The molecule has 0 spiro atoms. The van der Waals surface area contributed by atoms with Gasteiger partial charge in [-0.15, -0.1) is 13.2 Å². The Kier molecular flexibility index (Phi) is 5.62. The van der Waals surface area contributed by atoms with Crippen molar-refractivity contribution < 1.29 is 16.8 Å². The van der Waals surface area contributed by atoms with Gasteiger partial charge in [0.05, 0.1) is 9.79 Å². The van der Waals surface area contributed by atoms with Crippen LogP contribution < -0.4 is 0 Å². The van der Waals surface area contributed by atoms with E-state index in [-0.39, 0.29) is 28.6 Å². The van der Waals surface area contributed by atoms with E-state index in [0.717, 1.165) is 0 Å². The fourth-order valence-corrected chi connectivity index (χ4v) is 9.35. The van der Waals surface area contributed by atoms with Crippen LogP contribution in [-0.4, -0.2) is 20.9 Å². The maximum Gasteiger partial charge on any atom is 0.198 e. The fourth-order valence-electron chi connectivity index (χ4n) is 4.18. The Labute approximate surface area is 173 Å². The molecule has 4 nitrogen and oxygen atoms in total. The molecule has 1 aliphatic rings. The lowest BCUT2D eigenvalue weighted by Gasteiger charge is -2.46. The summed E-state index contributed by atoms with van der Waals surface area (Å²) in [5.41, 5.74) is -0.413. The first-order valence-electron chi connectivity index (χ1n) is 9.50. The molecule has 2 atom stereocenters. The van der Waals surface area contributed by atoms with Gasteiger partial charge in [0.2, 0.25) is 0 Å². The van der Waals surface area contributed by atoms with Crippen molar-refractivity contribution in [2.24, 2.45) is 11.3 Å². The van der Waals surface area contributed by atoms with Crippen molar-refractivity contribution in [2.75, 3.05) is 0 Å². The molecule has 6 heteroatoms. The molecule has 0 bridgehead atoms. The van der Waals surface area contributed by atoms with Crippen LogP contribution in [0.25, 0.3) is 0 Å². The summed E-state index contributed by atoms with van der Waals surface area (Å²) in [6, 6.07) is 15.7. The molecule has 0 saturated heterocycles. The second kappa shape index (κ2) is 7.58. The van der Waals surface area contributed by atoms with Crippen molar-refractivity contribution in [3.05, 3.63) is 86.0 Å². The quantitative estimate of drug-likeness (QED) is 0.617. The first-order valence-corrected chi connectivity index (χ1v) is 12.5. The van der Waals surface area contributed by atoms with Crippen LogP contribution >= 0.6 is 0 Å². The van der Waals surface area contributed by atoms with Gasteiger partial charge < -0.3 is 0 Å². The highest BCUT2D eigenvalue weighted by Crippen LogP contribution is 2.54. The molecule has 0 aromatic heterocycles. The average molecular weight is 431 g/mol. The number of rotatable bonds is 6. The Morgan fingerprint density at radius 1 is 0.828 bits per heavy atom. The SMILES string of the molecule is C=C[C@H]1CC(S(=O)(=O)c2ccccc2)(S(=O)(=O)c2ccccc2)CC[C@@]1(C)C=C. The summed E-state index contributed by atoms with van der Waals surface area (Å²) in [5.74, 6) is -0.342.